The molecule has 0 bridgehead atoms. The maximum Gasteiger partial charge on any atom is 0.101 e. The number of rotatable bonds is 3. The highest BCUT2D eigenvalue weighted by atomic mass is 14.8. The standard InChI is InChI=1S/C19H16N2/c1-14-6-8-19(9-7-14)21-13-18(12-20)17-10-15-4-2-3-5-16(15)11-17/h2-10,13,21H,11H2,1H3/b18-13+. The molecule has 1 N–H and O–H groups in total. The second kappa shape index (κ2) is 5.68. The molecule has 0 radical (unpaired) electrons. The molecule has 21 heavy (non-hydrogen) atoms. The second-order valence-corrected chi connectivity index (χ2v) is 5.23. The van der Waals surface area contributed by atoms with Gasteiger partial charge in [-0.05, 0) is 48.3 Å². The van der Waals surface area contributed by atoms with Gasteiger partial charge in [-0.3, -0.25) is 0 Å². The molecule has 0 heterocycles. The number of nitrogens with one attached hydrogen (secondary N) is 1. The normalized spacial score (nSPS) is 13.3. The number of nitriles is 1. The Kier molecular flexibility index (Phi) is 3.57. The summed E-state index contributed by atoms with van der Waals surface area (Å²) in [6.07, 6.45) is 4.72. The molecule has 0 saturated heterocycles. The zero-order valence-electron chi connectivity index (χ0n) is 11.9. The number of anilines is 1. The zero-order chi connectivity index (χ0) is 14.7. The first-order chi connectivity index (χ1) is 10.3. The summed E-state index contributed by atoms with van der Waals surface area (Å²) in [7, 11) is 0. The third-order valence-corrected chi connectivity index (χ3v) is 3.67. The summed E-state index contributed by atoms with van der Waals surface area (Å²) in [4.78, 5) is 0. The molecule has 2 aromatic rings. The van der Waals surface area contributed by atoms with E-state index in [1.165, 1.54) is 16.7 Å². The average Bonchev–Trinajstić information content (AvgIpc) is 2.93. The smallest absolute Gasteiger partial charge is 0.101 e. The fraction of sp³-hybridized carbons (Fsp3) is 0.105. The molecular formula is C19H16N2. The lowest BCUT2D eigenvalue weighted by atomic mass is 10.1. The number of benzene rings is 2. The fourth-order valence-electron chi connectivity index (χ4n) is 2.45. The largest absolute Gasteiger partial charge is 0.360 e. The molecule has 102 valence electrons. The van der Waals surface area contributed by atoms with Gasteiger partial charge in [-0.25, -0.2) is 0 Å². The zero-order valence-corrected chi connectivity index (χ0v) is 11.9. The van der Waals surface area contributed by atoms with Crippen molar-refractivity contribution in [2.24, 2.45) is 0 Å². The molecule has 2 aromatic carbocycles. The second-order valence-electron chi connectivity index (χ2n) is 5.23. The van der Waals surface area contributed by atoms with Crippen LogP contribution in [-0.4, -0.2) is 0 Å². The minimum absolute atomic E-state index is 0.687. The van der Waals surface area contributed by atoms with Crippen molar-refractivity contribution in [3.63, 3.8) is 0 Å². The molecule has 0 fully saturated rings. The van der Waals surface area contributed by atoms with Crippen molar-refractivity contribution in [2.75, 3.05) is 5.32 Å². The molecule has 0 unspecified atom stereocenters. The van der Waals surface area contributed by atoms with E-state index >= 15 is 0 Å². The van der Waals surface area contributed by atoms with Gasteiger partial charge in [-0.1, -0.05) is 42.0 Å². The highest BCUT2D eigenvalue weighted by Gasteiger charge is 2.14. The van der Waals surface area contributed by atoms with Crippen LogP contribution in [0, 0.1) is 18.3 Å². The first-order valence-corrected chi connectivity index (χ1v) is 6.98. The van der Waals surface area contributed by atoms with E-state index < -0.39 is 0 Å². The van der Waals surface area contributed by atoms with E-state index in [0.29, 0.717) is 5.57 Å². The molecule has 0 saturated carbocycles. The van der Waals surface area contributed by atoms with Gasteiger partial charge in [-0.2, -0.15) is 5.26 Å². The van der Waals surface area contributed by atoms with Gasteiger partial charge in [0.15, 0.2) is 0 Å². The van der Waals surface area contributed by atoms with Crippen molar-refractivity contribution in [1.82, 2.24) is 0 Å². The van der Waals surface area contributed by atoms with Gasteiger partial charge < -0.3 is 5.32 Å². The van der Waals surface area contributed by atoms with Crippen molar-refractivity contribution in [3.05, 3.63) is 82.6 Å². The Balaban J connectivity index is 1.79. The monoisotopic (exact) mass is 272 g/mol. The molecule has 2 nitrogen and oxygen atoms in total. The van der Waals surface area contributed by atoms with E-state index in [-0.39, 0.29) is 0 Å². The summed E-state index contributed by atoms with van der Waals surface area (Å²) in [5, 5.41) is 12.6. The lowest BCUT2D eigenvalue weighted by molar-refractivity contribution is 1.21. The van der Waals surface area contributed by atoms with Gasteiger partial charge in [0.2, 0.25) is 0 Å². The van der Waals surface area contributed by atoms with Crippen LogP contribution >= 0.6 is 0 Å². The van der Waals surface area contributed by atoms with Crippen LogP contribution in [0.25, 0.3) is 6.08 Å². The van der Waals surface area contributed by atoms with Crippen LogP contribution in [0.4, 0.5) is 5.69 Å². The van der Waals surface area contributed by atoms with Gasteiger partial charge >= 0.3 is 0 Å². The molecule has 0 spiro atoms. The van der Waals surface area contributed by atoms with Crippen molar-refractivity contribution in [3.8, 4) is 6.07 Å². The quantitative estimate of drug-likeness (QED) is 0.838. The number of fused-ring (bicyclic) bond motifs is 1. The summed E-state index contributed by atoms with van der Waals surface area (Å²) in [5.74, 6) is 0. The predicted molar refractivity (Wildman–Crippen MR) is 86.6 cm³/mol. The summed E-state index contributed by atoms with van der Waals surface area (Å²) in [5.41, 5.74) is 6.46. The molecule has 0 aliphatic heterocycles. The van der Waals surface area contributed by atoms with Crippen LogP contribution in [0.3, 0.4) is 0 Å². The summed E-state index contributed by atoms with van der Waals surface area (Å²) in [6, 6.07) is 18.7. The van der Waals surface area contributed by atoms with E-state index in [9.17, 15) is 5.26 Å². The van der Waals surface area contributed by atoms with Crippen LogP contribution in [0.15, 0.2) is 65.9 Å². The maximum atomic E-state index is 9.39. The molecule has 0 aromatic heterocycles. The number of nitrogens with zero attached hydrogens (tertiary/aromatic N) is 1. The van der Waals surface area contributed by atoms with E-state index in [4.69, 9.17) is 0 Å². The number of aryl methyl sites for hydroxylation is 1. The van der Waals surface area contributed by atoms with E-state index in [0.717, 1.165) is 17.7 Å². The van der Waals surface area contributed by atoms with Crippen molar-refractivity contribution in [1.29, 1.82) is 5.26 Å². The van der Waals surface area contributed by atoms with Crippen LogP contribution in [0.5, 0.6) is 0 Å². The van der Waals surface area contributed by atoms with Gasteiger partial charge in [0, 0.05) is 11.9 Å². The van der Waals surface area contributed by atoms with E-state index in [1.807, 2.05) is 36.4 Å². The highest BCUT2D eigenvalue weighted by molar-refractivity contribution is 5.70. The maximum absolute atomic E-state index is 9.39. The molecule has 0 amide bonds. The van der Waals surface area contributed by atoms with E-state index in [2.05, 4.69) is 36.5 Å². The Labute approximate surface area is 125 Å². The third kappa shape index (κ3) is 2.88. The number of allylic oxidation sites excluding steroid dienone is 2. The summed E-state index contributed by atoms with van der Waals surface area (Å²) < 4.78 is 0. The van der Waals surface area contributed by atoms with Gasteiger partial charge in [0.25, 0.3) is 0 Å². The predicted octanol–water partition coefficient (Wildman–Crippen LogP) is 4.45. The Morgan fingerprint density at radius 1 is 1.14 bits per heavy atom. The average molecular weight is 272 g/mol. The highest BCUT2D eigenvalue weighted by Crippen LogP contribution is 2.28. The van der Waals surface area contributed by atoms with Crippen LogP contribution < -0.4 is 5.32 Å². The lowest BCUT2D eigenvalue weighted by Crippen LogP contribution is -1.94. The SMILES string of the molecule is Cc1ccc(N/C=C(\C#N)C2=Cc3ccccc3C2)cc1. The van der Waals surface area contributed by atoms with Gasteiger partial charge in [0.1, 0.15) is 6.07 Å². The van der Waals surface area contributed by atoms with Crippen LogP contribution in [0.1, 0.15) is 16.7 Å². The Morgan fingerprint density at radius 2 is 1.90 bits per heavy atom. The number of hydrogen-bond acceptors (Lipinski definition) is 2. The first-order valence-electron chi connectivity index (χ1n) is 6.98. The Bertz CT molecular complexity index is 759. The van der Waals surface area contributed by atoms with Crippen molar-refractivity contribution in [2.45, 2.75) is 13.3 Å². The fourth-order valence-corrected chi connectivity index (χ4v) is 2.45. The third-order valence-electron chi connectivity index (χ3n) is 3.67. The molecule has 3 rings (SSSR count). The minimum atomic E-state index is 0.687. The van der Waals surface area contributed by atoms with Crippen molar-refractivity contribution < 1.29 is 0 Å². The summed E-state index contributed by atoms with van der Waals surface area (Å²) >= 11 is 0. The molecular weight excluding hydrogens is 256 g/mol. The molecule has 2 heteroatoms. The molecule has 0 atom stereocenters. The van der Waals surface area contributed by atoms with Gasteiger partial charge in [-0.15, -0.1) is 0 Å². The molecule has 1 aliphatic carbocycles. The topological polar surface area (TPSA) is 35.8 Å². The molecule has 1 aliphatic rings. The summed E-state index contributed by atoms with van der Waals surface area (Å²) in [6.45, 7) is 2.06. The Hall–Kier alpha value is -2.79. The van der Waals surface area contributed by atoms with Crippen LogP contribution in [-0.2, 0) is 6.42 Å². The van der Waals surface area contributed by atoms with Crippen LogP contribution in [0.2, 0.25) is 0 Å². The van der Waals surface area contributed by atoms with Crippen molar-refractivity contribution >= 4 is 11.8 Å². The number of hydrogen-bond donors (Lipinski definition) is 1. The first kappa shape index (κ1) is 13.2. The minimum Gasteiger partial charge on any atom is -0.360 e. The Morgan fingerprint density at radius 3 is 2.62 bits per heavy atom. The van der Waals surface area contributed by atoms with Gasteiger partial charge in [0.05, 0.1) is 5.57 Å². The van der Waals surface area contributed by atoms with E-state index in [1.54, 1.807) is 6.20 Å². The lowest BCUT2D eigenvalue weighted by Gasteiger charge is -2.04.